The van der Waals surface area contributed by atoms with E-state index in [1.54, 1.807) is 35.0 Å². The zero-order valence-corrected chi connectivity index (χ0v) is 17.6. The standard InChI is InChI=1S/C25H20F4N2O2/c1-2-16-7-3-4-12-22(16)31-23(18-9-6-11-20(14-18)33-25(28)29)15-21(30-31)17-8-5-10-19(13-17)32-24(26)27/h3-15,24-25H,2H2,1H3. The molecule has 1 heterocycles. The third kappa shape index (κ3) is 5.16. The van der Waals surface area contributed by atoms with Crippen LogP contribution in [-0.2, 0) is 6.42 Å². The van der Waals surface area contributed by atoms with E-state index in [0.29, 0.717) is 22.5 Å². The fraction of sp³-hybridized carbons (Fsp3) is 0.160. The Morgan fingerprint density at radius 3 is 2.00 bits per heavy atom. The van der Waals surface area contributed by atoms with Gasteiger partial charge < -0.3 is 9.47 Å². The molecule has 170 valence electrons. The second-order valence-electron chi connectivity index (χ2n) is 7.12. The van der Waals surface area contributed by atoms with Crippen molar-refractivity contribution in [1.29, 1.82) is 0 Å². The number of nitrogens with zero attached hydrogens (tertiary/aromatic N) is 2. The Morgan fingerprint density at radius 1 is 0.758 bits per heavy atom. The number of para-hydroxylation sites is 1. The van der Waals surface area contributed by atoms with Gasteiger partial charge in [-0.2, -0.15) is 22.7 Å². The average Bonchev–Trinajstić information content (AvgIpc) is 3.24. The SMILES string of the molecule is CCc1ccccc1-n1nc(-c2cccc(OC(F)F)c2)cc1-c1cccc(OC(F)F)c1. The smallest absolute Gasteiger partial charge is 0.387 e. The van der Waals surface area contributed by atoms with Crippen LogP contribution in [0.15, 0.2) is 78.9 Å². The van der Waals surface area contributed by atoms with Gasteiger partial charge in [0, 0.05) is 11.1 Å². The molecule has 0 aliphatic carbocycles. The minimum Gasteiger partial charge on any atom is -0.435 e. The predicted molar refractivity (Wildman–Crippen MR) is 117 cm³/mol. The van der Waals surface area contributed by atoms with E-state index in [-0.39, 0.29) is 11.5 Å². The van der Waals surface area contributed by atoms with E-state index < -0.39 is 13.2 Å². The lowest BCUT2D eigenvalue weighted by Gasteiger charge is -2.12. The Labute approximate surface area is 188 Å². The predicted octanol–water partition coefficient (Wildman–Crippen LogP) is 6.97. The third-order valence-electron chi connectivity index (χ3n) is 5.02. The third-order valence-corrected chi connectivity index (χ3v) is 5.02. The van der Waals surface area contributed by atoms with Crippen LogP contribution in [0.1, 0.15) is 12.5 Å². The summed E-state index contributed by atoms with van der Waals surface area (Å²) in [6, 6.07) is 22.1. The molecule has 0 radical (unpaired) electrons. The molecule has 4 nitrogen and oxygen atoms in total. The fourth-order valence-corrected chi connectivity index (χ4v) is 3.59. The van der Waals surface area contributed by atoms with Crippen molar-refractivity contribution >= 4 is 0 Å². The number of rotatable bonds is 8. The molecule has 0 N–H and O–H groups in total. The molecule has 0 aliphatic rings. The summed E-state index contributed by atoms with van der Waals surface area (Å²) >= 11 is 0. The normalized spacial score (nSPS) is 11.2. The summed E-state index contributed by atoms with van der Waals surface area (Å²) in [5.41, 5.74) is 4.17. The lowest BCUT2D eigenvalue weighted by atomic mass is 10.1. The number of halogens is 4. The van der Waals surface area contributed by atoms with Crippen molar-refractivity contribution in [3.63, 3.8) is 0 Å². The molecule has 8 heteroatoms. The van der Waals surface area contributed by atoms with Crippen molar-refractivity contribution in [2.24, 2.45) is 0 Å². The van der Waals surface area contributed by atoms with E-state index >= 15 is 0 Å². The summed E-state index contributed by atoms with van der Waals surface area (Å²) in [6.45, 7) is -3.87. The average molecular weight is 456 g/mol. The maximum atomic E-state index is 12.7. The van der Waals surface area contributed by atoms with E-state index in [9.17, 15) is 17.6 Å². The van der Waals surface area contributed by atoms with Crippen molar-refractivity contribution in [3.8, 4) is 39.7 Å². The van der Waals surface area contributed by atoms with Crippen LogP contribution >= 0.6 is 0 Å². The van der Waals surface area contributed by atoms with Crippen LogP contribution in [0.5, 0.6) is 11.5 Å². The number of alkyl halides is 4. The molecule has 4 aromatic rings. The number of hydrogen-bond donors (Lipinski definition) is 0. The molecule has 0 saturated heterocycles. The molecule has 0 spiro atoms. The molecular weight excluding hydrogens is 436 g/mol. The highest BCUT2D eigenvalue weighted by molar-refractivity contribution is 5.72. The largest absolute Gasteiger partial charge is 0.435 e. The second kappa shape index (κ2) is 9.77. The van der Waals surface area contributed by atoms with E-state index in [1.165, 1.54) is 24.3 Å². The molecule has 33 heavy (non-hydrogen) atoms. The molecule has 0 amide bonds. The second-order valence-corrected chi connectivity index (χ2v) is 7.12. The number of aromatic nitrogens is 2. The van der Waals surface area contributed by atoms with Gasteiger partial charge in [-0.05, 0) is 48.4 Å². The van der Waals surface area contributed by atoms with Crippen LogP contribution in [0.3, 0.4) is 0 Å². The number of aryl methyl sites for hydroxylation is 1. The highest BCUT2D eigenvalue weighted by Crippen LogP contribution is 2.33. The van der Waals surface area contributed by atoms with Gasteiger partial charge >= 0.3 is 13.2 Å². The number of benzene rings is 3. The maximum Gasteiger partial charge on any atom is 0.387 e. The lowest BCUT2D eigenvalue weighted by molar-refractivity contribution is -0.0505. The molecule has 0 bridgehead atoms. The van der Waals surface area contributed by atoms with E-state index in [1.807, 2.05) is 31.2 Å². The van der Waals surface area contributed by atoms with Gasteiger partial charge in [0.25, 0.3) is 0 Å². The molecule has 4 rings (SSSR count). The molecule has 0 fully saturated rings. The van der Waals surface area contributed by atoms with Gasteiger partial charge in [-0.3, -0.25) is 0 Å². The quantitative estimate of drug-likeness (QED) is 0.269. The summed E-state index contributed by atoms with van der Waals surface area (Å²) in [6.07, 6.45) is 0.747. The van der Waals surface area contributed by atoms with Gasteiger partial charge in [-0.15, -0.1) is 0 Å². The minimum atomic E-state index is -2.95. The minimum absolute atomic E-state index is 0.0138. The first kappa shape index (κ1) is 22.4. The van der Waals surface area contributed by atoms with Crippen LogP contribution in [-0.4, -0.2) is 23.0 Å². The molecule has 0 unspecified atom stereocenters. The number of hydrogen-bond acceptors (Lipinski definition) is 3. The zero-order valence-electron chi connectivity index (χ0n) is 17.6. The summed E-state index contributed by atoms with van der Waals surface area (Å²) < 4.78 is 61.6. The van der Waals surface area contributed by atoms with Crippen LogP contribution < -0.4 is 9.47 Å². The molecule has 0 aliphatic heterocycles. The summed E-state index contributed by atoms with van der Waals surface area (Å²) in [5, 5.41) is 4.73. The first-order valence-electron chi connectivity index (χ1n) is 10.2. The maximum absolute atomic E-state index is 12.7. The highest BCUT2D eigenvalue weighted by atomic mass is 19.3. The molecular formula is C25H20F4N2O2. The van der Waals surface area contributed by atoms with Crippen LogP contribution in [0, 0.1) is 0 Å². The van der Waals surface area contributed by atoms with Gasteiger partial charge in [0.2, 0.25) is 0 Å². The van der Waals surface area contributed by atoms with Crippen molar-refractivity contribution < 1.29 is 27.0 Å². The van der Waals surface area contributed by atoms with E-state index in [0.717, 1.165) is 17.7 Å². The number of ether oxygens (including phenoxy) is 2. The van der Waals surface area contributed by atoms with E-state index in [4.69, 9.17) is 5.10 Å². The van der Waals surface area contributed by atoms with Crippen LogP contribution in [0.25, 0.3) is 28.2 Å². The molecule has 1 aromatic heterocycles. The Kier molecular flexibility index (Phi) is 6.63. The molecule has 0 saturated carbocycles. The van der Waals surface area contributed by atoms with Gasteiger partial charge in [-0.1, -0.05) is 49.4 Å². The van der Waals surface area contributed by atoms with Gasteiger partial charge in [-0.25, -0.2) is 4.68 Å². The van der Waals surface area contributed by atoms with Gasteiger partial charge in [0.15, 0.2) is 0 Å². The van der Waals surface area contributed by atoms with Crippen LogP contribution in [0.4, 0.5) is 17.6 Å². The van der Waals surface area contributed by atoms with Crippen LogP contribution in [0.2, 0.25) is 0 Å². The van der Waals surface area contributed by atoms with Gasteiger partial charge in [0.05, 0.1) is 17.1 Å². The Bertz CT molecular complexity index is 1240. The van der Waals surface area contributed by atoms with E-state index in [2.05, 4.69) is 9.47 Å². The molecule has 0 atom stereocenters. The summed E-state index contributed by atoms with van der Waals surface area (Å²) in [4.78, 5) is 0. The monoisotopic (exact) mass is 456 g/mol. The topological polar surface area (TPSA) is 36.3 Å². The molecule has 3 aromatic carbocycles. The van der Waals surface area contributed by atoms with Gasteiger partial charge in [0.1, 0.15) is 11.5 Å². The summed E-state index contributed by atoms with van der Waals surface area (Å²) in [7, 11) is 0. The zero-order chi connectivity index (χ0) is 23.4. The lowest BCUT2D eigenvalue weighted by Crippen LogP contribution is -2.04. The first-order chi connectivity index (χ1) is 15.9. The first-order valence-corrected chi connectivity index (χ1v) is 10.2. The fourth-order valence-electron chi connectivity index (χ4n) is 3.59. The van der Waals surface area contributed by atoms with Crippen molar-refractivity contribution in [1.82, 2.24) is 9.78 Å². The Balaban J connectivity index is 1.86. The van der Waals surface area contributed by atoms with Crippen molar-refractivity contribution in [3.05, 3.63) is 84.4 Å². The highest BCUT2D eigenvalue weighted by Gasteiger charge is 2.17. The summed E-state index contributed by atoms with van der Waals surface area (Å²) in [5.74, 6) is 0.0350. The van der Waals surface area contributed by atoms with Crippen molar-refractivity contribution in [2.45, 2.75) is 26.6 Å². The van der Waals surface area contributed by atoms with Crippen molar-refractivity contribution in [2.75, 3.05) is 0 Å². The Hall–Kier alpha value is -3.81. The Morgan fingerprint density at radius 2 is 1.36 bits per heavy atom.